The lowest BCUT2D eigenvalue weighted by molar-refractivity contribution is -0.118. The van der Waals surface area contributed by atoms with E-state index in [1.807, 2.05) is 0 Å². The van der Waals surface area contributed by atoms with Crippen molar-refractivity contribution in [2.24, 2.45) is 0 Å². The third kappa shape index (κ3) is 6.37. The van der Waals surface area contributed by atoms with E-state index in [1.165, 1.54) is 11.1 Å². The molecule has 0 aromatic heterocycles. The number of hydrogen-bond donors (Lipinski definition) is 1. The molecule has 0 saturated heterocycles. The first-order valence-corrected chi connectivity index (χ1v) is 7.28. The Hall–Kier alpha value is -0.960. The average Bonchev–Trinajstić information content (AvgIpc) is 2.29. The molecule has 1 aromatic carbocycles. The van der Waals surface area contributed by atoms with Gasteiger partial charge in [0.05, 0.1) is 5.75 Å². The van der Waals surface area contributed by atoms with Crippen LogP contribution in [0.5, 0.6) is 0 Å². The number of rotatable bonds is 7. The molecule has 0 spiro atoms. The summed E-state index contributed by atoms with van der Waals surface area (Å²) >= 11 is 1.67. The van der Waals surface area contributed by atoms with Gasteiger partial charge in [0.1, 0.15) is 0 Å². The first-order valence-electron chi connectivity index (χ1n) is 6.12. The lowest BCUT2D eigenvalue weighted by Crippen LogP contribution is -2.26. The lowest BCUT2D eigenvalue weighted by Gasteiger charge is -2.04. The fourth-order valence-corrected chi connectivity index (χ4v) is 2.32. The summed E-state index contributed by atoms with van der Waals surface area (Å²) < 4.78 is 0. The van der Waals surface area contributed by atoms with E-state index in [-0.39, 0.29) is 5.91 Å². The van der Waals surface area contributed by atoms with Crippen molar-refractivity contribution in [2.75, 3.05) is 12.3 Å². The largest absolute Gasteiger partial charge is 0.355 e. The molecule has 2 nitrogen and oxygen atoms in total. The van der Waals surface area contributed by atoms with E-state index < -0.39 is 0 Å². The van der Waals surface area contributed by atoms with E-state index >= 15 is 0 Å². The summed E-state index contributed by atoms with van der Waals surface area (Å²) in [6, 6.07) is 8.43. The Balaban J connectivity index is 2.17. The molecule has 3 heteroatoms. The zero-order chi connectivity index (χ0) is 12.5. The van der Waals surface area contributed by atoms with Gasteiger partial charge in [-0.3, -0.25) is 4.79 Å². The van der Waals surface area contributed by atoms with Crippen LogP contribution >= 0.6 is 11.8 Å². The van der Waals surface area contributed by atoms with Gasteiger partial charge in [-0.1, -0.05) is 43.2 Å². The number of carbonyl (C=O) groups excluding carboxylic acids is 1. The molecule has 1 amide bonds. The van der Waals surface area contributed by atoms with Crippen molar-refractivity contribution >= 4 is 17.7 Å². The maximum absolute atomic E-state index is 11.4. The molecule has 0 unspecified atom stereocenters. The number of benzene rings is 1. The SMILES string of the molecule is CCCCNC(=O)CSCc1cccc(C)c1. The van der Waals surface area contributed by atoms with Crippen LogP contribution in [-0.4, -0.2) is 18.2 Å². The summed E-state index contributed by atoms with van der Waals surface area (Å²) in [5.74, 6) is 1.61. The van der Waals surface area contributed by atoms with Crippen LogP contribution in [0, 0.1) is 6.92 Å². The van der Waals surface area contributed by atoms with Crippen LogP contribution in [-0.2, 0) is 10.5 Å². The highest BCUT2D eigenvalue weighted by atomic mass is 32.2. The number of thioether (sulfide) groups is 1. The molecule has 0 bridgehead atoms. The fourth-order valence-electron chi connectivity index (χ4n) is 1.52. The van der Waals surface area contributed by atoms with Gasteiger partial charge < -0.3 is 5.32 Å². The van der Waals surface area contributed by atoms with E-state index in [4.69, 9.17) is 0 Å². The summed E-state index contributed by atoms with van der Waals surface area (Å²) in [4.78, 5) is 11.4. The normalized spacial score (nSPS) is 10.2. The van der Waals surface area contributed by atoms with Gasteiger partial charge in [0.25, 0.3) is 0 Å². The fraction of sp³-hybridized carbons (Fsp3) is 0.500. The average molecular weight is 251 g/mol. The standard InChI is InChI=1S/C14H21NOS/c1-3-4-8-15-14(16)11-17-10-13-7-5-6-12(2)9-13/h5-7,9H,3-4,8,10-11H2,1-2H3,(H,15,16). The molecule has 0 atom stereocenters. The van der Waals surface area contributed by atoms with Gasteiger partial charge in [-0.2, -0.15) is 0 Å². The highest BCUT2D eigenvalue weighted by Gasteiger charge is 2.01. The first-order chi connectivity index (χ1) is 8.22. The van der Waals surface area contributed by atoms with E-state index in [1.54, 1.807) is 11.8 Å². The van der Waals surface area contributed by atoms with Gasteiger partial charge in [-0.15, -0.1) is 11.8 Å². The molecular weight excluding hydrogens is 230 g/mol. The van der Waals surface area contributed by atoms with Crippen LogP contribution in [0.1, 0.15) is 30.9 Å². The number of aryl methyl sites for hydroxylation is 1. The Morgan fingerprint density at radius 1 is 1.41 bits per heavy atom. The maximum Gasteiger partial charge on any atom is 0.230 e. The molecule has 0 aliphatic carbocycles. The molecule has 1 N–H and O–H groups in total. The van der Waals surface area contributed by atoms with E-state index in [2.05, 4.69) is 43.4 Å². The Bertz CT molecular complexity index is 352. The van der Waals surface area contributed by atoms with Gasteiger partial charge >= 0.3 is 0 Å². The molecule has 1 aromatic rings. The Morgan fingerprint density at radius 2 is 2.24 bits per heavy atom. The molecule has 0 heterocycles. The minimum absolute atomic E-state index is 0.149. The molecule has 94 valence electrons. The van der Waals surface area contributed by atoms with Crippen LogP contribution in [0.2, 0.25) is 0 Å². The van der Waals surface area contributed by atoms with Crippen molar-refractivity contribution in [3.63, 3.8) is 0 Å². The monoisotopic (exact) mass is 251 g/mol. The smallest absolute Gasteiger partial charge is 0.230 e. The van der Waals surface area contributed by atoms with Crippen LogP contribution in [0.3, 0.4) is 0 Å². The highest BCUT2D eigenvalue weighted by Crippen LogP contribution is 2.13. The minimum atomic E-state index is 0.149. The molecule has 0 aliphatic heterocycles. The number of carbonyl (C=O) groups is 1. The van der Waals surface area contributed by atoms with Crippen LogP contribution in [0.25, 0.3) is 0 Å². The molecule has 0 aliphatic rings. The van der Waals surface area contributed by atoms with Crippen LogP contribution in [0.15, 0.2) is 24.3 Å². The lowest BCUT2D eigenvalue weighted by atomic mass is 10.2. The summed E-state index contributed by atoms with van der Waals surface area (Å²) in [5, 5.41) is 2.92. The van der Waals surface area contributed by atoms with E-state index in [9.17, 15) is 4.79 Å². The predicted molar refractivity (Wildman–Crippen MR) is 75.3 cm³/mol. The highest BCUT2D eigenvalue weighted by molar-refractivity contribution is 7.99. The van der Waals surface area contributed by atoms with Crippen molar-refractivity contribution in [1.29, 1.82) is 0 Å². The molecular formula is C14H21NOS. The molecule has 0 radical (unpaired) electrons. The van der Waals surface area contributed by atoms with E-state index in [0.717, 1.165) is 25.1 Å². The summed E-state index contributed by atoms with van der Waals surface area (Å²) in [7, 11) is 0. The quantitative estimate of drug-likeness (QED) is 0.754. The van der Waals surface area contributed by atoms with Crippen molar-refractivity contribution in [2.45, 2.75) is 32.4 Å². The molecule has 1 rings (SSSR count). The van der Waals surface area contributed by atoms with Crippen molar-refractivity contribution in [3.8, 4) is 0 Å². The topological polar surface area (TPSA) is 29.1 Å². The second-order valence-electron chi connectivity index (χ2n) is 4.19. The van der Waals surface area contributed by atoms with Crippen molar-refractivity contribution < 1.29 is 4.79 Å². The zero-order valence-corrected chi connectivity index (χ0v) is 11.5. The number of hydrogen-bond acceptors (Lipinski definition) is 2. The van der Waals surface area contributed by atoms with Gasteiger partial charge in [0, 0.05) is 12.3 Å². The zero-order valence-electron chi connectivity index (χ0n) is 10.7. The summed E-state index contributed by atoms with van der Waals surface area (Å²) in [6.45, 7) is 5.02. The Morgan fingerprint density at radius 3 is 2.94 bits per heavy atom. The van der Waals surface area contributed by atoms with Gasteiger partial charge in [-0.05, 0) is 18.9 Å². The number of nitrogens with one attached hydrogen (secondary N) is 1. The second kappa shape index (κ2) is 8.18. The molecule has 17 heavy (non-hydrogen) atoms. The molecule has 0 saturated carbocycles. The van der Waals surface area contributed by atoms with Crippen LogP contribution in [0.4, 0.5) is 0 Å². The third-order valence-corrected chi connectivity index (χ3v) is 3.44. The van der Waals surface area contributed by atoms with Crippen molar-refractivity contribution in [1.82, 2.24) is 5.32 Å². The number of amides is 1. The van der Waals surface area contributed by atoms with Crippen LogP contribution < -0.4 is 5.32 Å². The second-order valence-corrected chi connectivity index (χ2v) is 5.17. The third-order valence-electron chi connectivity index (χ3n) is 2.44. The Labute approximate surface area is 108 Å². The minimum Gasteiger partial charge on any atom is -0.355 e. The maximum atomic E-state index is 11.4. The summed E-state index contributed by atoms with van der Waals surface area (Å²) in [5.41, 5.74) is 2.56. The van der Waals surface area contributed by atoms with E-state index in [0.29, 0.717) is 5.75 Å². The number of unbranched alkanes of at least 4 members (excludes halogenated alkanes) is 1. The predicted octanol–water partition coefficient (Wildman–Crippen LogP) is 3.14. The Kier molecular flexibility index (Phi) is 6.78. The first kappa shape index (κ1) is 14.1. The summed E-state index contributed by atoms with van der Waals surface area (Å²) in [6.07, 6.45) is 2.19. The van der Waals surface area contributed by atoms with Gasteiger partial charge in [-0.25, -0.2) is 0 Å². The van der Waals surface area contributed by atoms with Gasteiger partial charge in [0.2, 0.25) is 5.91 Å². The van der Waals surface area contributed by atoms with Crippen molar-refractivity contribution in [3.05, 3.63) is 35.4 Å². The van der Waals surface area contributed by atoms with Gasteiger partial charge in [0.15, 0.2) is 0 Å². The molecule has 0 fully saturated rings.